The van der Waals surface area contributed by atoms with Crippen LogP contribution in [0.5, 0.6) is 0 Å². The van der Waals surface area contributed by atoms with Crippen LogP contribution >= 0.6 is 0 Å². The van der Waals surface area contributed by atoms with Crippen LogP contribution < -0.4 is 4.90 Å². The molecule has 198 valence electrons. The number of anilines is 1. The molecule has 4 aromatic rings. The van der Waals surface area contributed by atoms with Crippen LogP contribution in [-0.2, 0) is 11.8 Å². The number of aryl methyl sites for hydroxylation is 2. The van der Waals surface area contributed by atoms with E-state index in [4.69, 9.17) is 4.98 Å². The van der Waals surface area contributed by atoms with E-state index in [1.165, 1.54) is 6.07 Å². The molecular weight excluding hydrogens is 490 g/mol. The SMILES string of the molecule is Cc1nnn(C)c1-c1ccc2c(c1)nc(C1CCCC(=O)N1c1ccc(F)c(F)c1)n2C1CCC(O)CC1. The van der Waals surface area contributed by atoms with E-state index in [1.54, 1.807) is 9.58 Å². The van der Waals surface area contributed by atoms with Gasteiger partial charge in [-0.1, -0.05) is 11.3 Å². The highest BCUT2D eigenvalue weighted by Gasteiger charge is 2.36. The summed E-state index contributed by atoms with van der Waals surface area (Å²) < 4.78 is 31.9. The second kappa shape index (κ2) is 9.58. The zero-order valence-electron chi connectivity index (χ0n) is 21.4. The highest BCUT2D eigenvalue weighted by molar-refractivity contribution is 5.95. The fourth-order valence-electron chi connectivity index (χ4n) is 6.13. The zero-order valence-corrected chi connectivity index (χ0v) is 21.4. The zero-order chi connectivity index (χ0) is 26.6. The number of fused-ring (bicyclic) bond motifs is 1. The molecule has 1 unspecified atom stereocenters. The van der Waals surface area contributed by atoms with Crippen molar-refractivity contribution >= 4 is 22.6 Å². The van der Waals surface area contributed by atoms with Crippen molar-refractivity contribution in [2.45, 2.75) is 70.1 Å². The third kappa shape index (κ3) is 4.16. The predicted molar refractivity (Wildman–Crippen MR) is 138 cm³/mol. The van der Waals surface area contributed by atoms with Gasteiger partial charge in [0.2, 0.25) is 5.91 Å². The highest BCUT2D eigenvalue weighted by atomic mass is 19.2. The lowest BCUT2D eigenvalue weighted by atomic mass is 9.92. The summed E-state index contributed by atoms with van der Waals surface area (Å²) in [5, 5.41) is 18.5. The van der Waals surface area contributed by atoms with E-state index in [9.17, 15) is 18.7 Å². The number of hydrogen-bond donors (Lipinski definition) is 1. The van der Waals surface area contributed by atoms with Gasteiger partial charge < -0.3 is 14.6 Å². The minimum absolute atomic E-state index is 0.105. The minimum atomic E-state index is -0.987. The molecule has 6 rings (SSSR count). The van der Waals surface area contributed by atoms with Gasteiger partial charge in [0.1, 0.15) is 5.82 Å². The number of piperidine rings is 1. The van der Waals surface area contributed by atoms with Gasteiger partial charge >= 0.3 is 0 Å². The maximum atomic E-state index is 14.2. The van der Waals surface area contributed by atoms with Crippen LogP contribution in [0, 0.1) is 18.6 Å². The molecule has 3 heterocycles. The van der Waals surface area contributed by atoms with E-state index >= 15 is 0 Å². The molecule has 1 saturated carbocycles. The Morgan fingerprint density at radius 2 is 1.79 bits per heavy atom. The molecule has 1 amide bonds. The van der Waals surface area contributed by atoms with Gasteiger partial charge in [0.05, 0.1) is 34.6 Å². The number of carbonyl (C=O) groups excluding carboxylic acids is 1. The van der Waals surface area contributed by atoms with Crippen LogP contribution in [0.4, 0.5) is 14.5 Å². The molecule has 0 spiro atoms. The van der Waals surface area contributed by atoms with Gasteiger partial charge in [-0.15, -0.1) is 5.10 Å². The molecule has 2 aliphatic rings. The van der Waals surface area contributed by atoms with Gasteiger partial charge in [-0.2, -0.15) is 0 Å². The Balaban J connectivity index is 1.51. The fraction of sp³-hybridized carbons (Fsp3) is 0.429. The first-order valence-electron chi connectivity index (χ1n) is 13.2. The average molecular weight is 521 g/mol. The Morgan fingerprint density at radius 3 is 2.50 bits per heavy atom. The summed E-state index contributed by atoms with van der Waals surface area (Å²) in [5.74, 6) is -1.34. The van der Waals surface area contributed by atoms with E-state index in [-0.39, 0.29) is 18.1 Å². The second-order valence-electron chi connectivity index (χ2n) is 10.4. The molecule has 1 aliphatic carbocycles. The van der Waals surface area contributed by atoms with Crippen LogP contribution in [0.3, 0.4) is 0 Å². The summed E-state index contributed by atoms with van der Waals surface area (Å²) in [6.07, 6.45) is 4.32. The number of aliphatic hydroxyl groups is 1. The number of hydrogen-bond acceptors (Lipinski definition) is 5. The Labute approximate surface area is 218 Å². The van der Waals surface area contributed by atoms with E-state index in [1.807, 2.05) is 32.2 Å². The van der Waals surface area contributed by atoms with E-state index in [0.29, 0.717) is 37.8 Å². The topological polar surface area (TPSA) is 89.1 Å². The lowest BCUT2D eigenvalue weighted by Crippen LogP contribution is -2.40. The van der Waals surface area contributed by atoms with Crippen molar-refractivity contribution in [3.63, 3.8) is 0 Å². The summed E-state index contributed by atoms with van der Waals surface area (Å²) in [5.41, 5.74) is 4.72. The fourth-order valence-corrected chi connectivity index (χ4v) is 6.13. The molecule has 8 nitrogen and oxygen atoms in total. The minimum Gasteiger partial charge on any atom is -0.393 e. The smallest absolute Gasteiger partial charge is 0.227 e. The van der Waals surface area contributed by atoms with Crippen LogP contribution in [0.25, 0.3) is 22.3 Å². The maximum absolute atomic E-state index is 14.2. The molecule has 1 aliphatic heterocycles. The molecule has 2 aromatic heterocycles. The van der Waals surface area contributed by atoms with Gasteiger partial charge in [0.15, 0.2) is 11.6 Å². The summed E-state index contributed by atoms with van der Waals surface area (Å²) in [6.45, 7) is 1.91. The Morgan fingerprint density at radius 1 is 1.00 bits per heavy atom. The molecule has 38 heavy (non-hydrogen) atoms. The number of halogens is 2. The van der Waals surface area contributed by atoms with Crippen molar-refractivity contribution in [3.8, 4) is 11.3 Å². The van der Waals surface area contributed by atoms with Gasteiger partial charge in [0, 0.05) is 36.8 Å². The van der Waals surface area contributed by atoms with Gasteiger partial charge in [0.25, 0.3) is 0 Å². The van der Waals surface area contributed by atoms with Crippen molar-refractivity contribution in [3.05, 3.63) is 59.6 Å². The lowest BCUT2D eigenvalue weighted by Gasteiger charge is -2.37. The maximum Gasteiger partial charge on any atom is 0.227 e. The summed E-state index contributed by atoms with van der Waals surface area (Å²) >= 11 is 0. The Hall–Kier alpha value is -3.66. The Bertz CT molecular complexity index is 1500. The standard InChI is InChI=1S/C28H30F2N6O2/c1-16-27(34(2)33-32-16)17-6-13-24-23(14-17)31-28(36(24)18-7-10-20(37)11-8-18)25-4-3-5-26(38)35(25)19-9-12-21(29)22(30)15-19/h6,9,12-15,18,20,25,37H,3-5,7-8,10-11H2,1-2H3. The number of nitrogens with zero attached hydrogens (tertiary/aromatic N) is 6. The lowest BCUT2D eigenvalue weighted by molar-refractivity contribution is -0.120. The monoisotopic (exact) mass is 520 g/mol. The highest BCUT2D eigenvalue weighted by Crippen LogP contribution is 2.41. The van der Waals surface area contributed by atoms with E-state index in [0.717, 1.165) is 58.8 Å². The molecule has 1 atom stereocenters. The van der Waals surface area contributed by atoms with Crippen molar-refractivity contribution < 1.29 is 18.7 Å². The number of benzene rings is 2. The van der Waals surface area contributed by atoms with Crippen molar-refractivity contribution in [1.29, 1.82) is 0 Å². The number of aromatic nitrogens is 5. The molecule has 10 heteroatoms. The predicted octanol–water partition coefficient (Wildman–Crippen LogP) is 5.15. The van der Waals surface area contributed by atoms with Crippen LogP contribution in [-0.4, -0.2) is 41.7 Å². The number of carbonyl (C=O) groups is 1. The average Bonchev–Trinajstić information content (AvgIpc) is 3.45. The molecule has 2 aromatic carbocycles. The second-order valence-corrected chi connectivity index (χ2v) is 10.4. The molecular formula is C28H30F2N6O2. The van der Waals surface area contributed by atoms with Crippen molar-refractivity contribution in [1.82, 2.24) is 24.5 Å². The van der Waals surface area contributed by atoms with Gasteiger partial charge in [-0.05, 0) is 69.7 Å². The number of aliphatic hydroxyl groups excluding tert-OH is 1. The first kappa shape index (κ1) is 24.7. The molecule has 0 radical (unpaired) electrons. The largest absolute Gasteiger partial charge is 0.393 e. The van der Waals surface area contributed by atoms with Crippen LogP contribution in [0.15, 0.2) is 36.4 Å². The summed E-state index contributed by atoms with van der Waals surface area (Å²) in [4.78, 5) is 19.9. The molecule has 1 saturated heterocycles. The quantitative estimate of drug-likeness (QED) is 0.402. The third-order valence-electron chi connectivity index (χ3n) is 7.94. The molecule has 2 fully saturated rings. The first-order chi connectivity index (χ1) is 18.3. The van der Waals surface area contributed by atoms with Crippen LogP contribution in [0.1, 0.15) is 68.5 Å². The number of amides is 1. The third-order valence-corrected chi connectivity index (χ3v) is 7.94. The van der Waals surface area contributed by atoms with E-state index < -0.39 is 17.7 Å². The normalized spacial score (nSPS) is 22.4. The van der Waals surface area contributed by atoms with Crippen molar-refractivity contribution in [2.75, 3.05) is 4.90 Å². The first-order valence-corrected chi connectivity index (χ1v) is 13.2. The summed E-state index contributed by atoms with van der Waals surface area (Å²) in [7, 11) is 1.85. The van der Waals surface area contributed by atoms with Gasteiger partial charge in [-0.3, -0.25) is 4.79 Å². The summed E-state index contributed by atoms with van der Waals surface area (Å²) in [6, 6.07) is 9.38. The molecule has 1 N–H and O–H groups in total. The van der Waals surface area contributed by atoms with Crippen molar-refractivity contribution in [2.24, 2.45) is 7.05 Å². The molecule has 0 bridgehead atoms. The number of imidazole rings is 1. The number of rotatable bonds is 4. The van der Waals surface area contributed by atoms with Crippen LogP contribution in [0.2, 0.25) is 0 Å². The van der Waals surface area contributed by atoms with E-state index in [2.05, 4.69) is 14.9 Å². The Kier molecular flexibility index (Phi) is 6.22. The van der Waals surface area contributed by atoms with Gasteiger partial charge in [-0.25, -0.2) is 18.4 Å².